The van der Waals surface area contributed by atoms with Crippen molar-refractivity contribution in [3.63, 3.8) is 0 Å². The molecule has 0 saturated carbocycles. The Balaban J connectivity index is 2.32. The summed E-state index contributed by atoms with van der Waals surface area (Å²) < 4.78 is 1.55. The van der Waals surface area contributed by atoms with E-state index in [-0.39, 0.29) is 28.5 Å². The first-order valence-electron chi connectivity index (χ1n) is 5.20. The van der Waals surface area contributed by atoms with Crippen LogP contribution in [0.3, 0.4) is 0 Å². The largest absolute Gasteiger partial charge is 0.395 e. The molecule has 5 nitrogen and oxygen atoms in total. The fourth-order valence-corrected chi connectivity index (χ4v) is 3.19. The van der Waals surface area contributed by atoms with E-state index in [1.54, 1.807) is 29.4 Å². The third-order valence-corrected chi connectivity index (χ3v) is 4.29. The van der Waals surface area contributed by atoms with E-state index in [9.17, 15) is 9.59 Å². The van der Waals surface area contributed by atoms with Crippen LogP contribution in [0.4, 0.5) is 0 Å². The lowest BCUT2D eigenvalue weighted by molar-refractivity contribution is 0.292. The van der Waals surface area contributed by atoms with Gasteiger partial charge in [-0.05, 0) is 19.8 Å². The number of aromatic nitrogens is 2. The van der Waals surface area contributed by atoms with Crippen LogP contribution in [0.5, 0.6) is 0 Å². The monoisotopic (exact) mass is 242 g/mol. The molecule has 0 amide bonds. The van der Waals surface area contributed by atoms with Crippen LogP contribution in [0.15, 0.2) is 15.8 Å². The summed E-state index contributed by atoms with van der Waals surface area (Å²) in [4.78, 5) is 25.1. The Morgan fingerprint density at radius 1 is 1.56 bits per heavy atom. The molecular weight excluding hydrogens is 228 g/mol. The van der Waals surface area contributed by atoms with E-state index in [0.717, 1.165) is 12.8 Å². The first kappa shape index (κ1) is 11.5. The van der Waals surface area contributed by atoms with Gasteiger partial charge in [-0.3, -0.25) is 14.3 Å². The summed E-state index contributed by atoms with van der Waals surface area (Å²) >= 11 is 1.58. The number of aryl methyl sites for hydroxylation is 1. The van der Waals surface area contributed by atoms with E-state index in [4.69, 9.17) is 5.11 Å². The van der Waals surface area contributed by atoms with Crippen LogP contribution < -0.4 is 11.2 Å². The van der Waals surface area contributed by atoms with Crippen LogP contribution in [0, 0.1) is 6.92 Å². The third-order valence-electron chi connectivity index (χ3n) is 2.74. The summed E-state index contributed by atoms with van der Waals surface area (Å²) in [5.74, 6) is 0. The van der Waals surface area contributed by atoms with Gasteiger partial charge in [-0.2, -0.15) is 0 Å². The summed E-state index contributed by atoms with van der Waals surface area (Å²) in [6.45, 7) is 1.82. The number of nitrogens with one attached hydrogen (secondary N) is 1. The predicted molar refractivity (Wildman–Crippen MR) is 62.8 cm³/mol. The number of aliphatic hydroxyl groups excluding tert-OH is 1. The molecule has 0 bridgehead atoms. The van der Waals surface area contributed by atoms with Gasteiger partial charge >= 0.3 is 5.69 Å². The zero-order valence-electron chi connectivity index (χ0n) is 8.97. The molecule has 0 aliphatic carbocycles. The second kappa shape index (κ2) is 4.47. The van der Waals surface area contributed by atoms with Crippen LogP contribution in [-0.2, 0) is 0 Å². The van der Waals surface area contributed by atoms with Gasteiger partial charge in [-0.25, -0.2) is 4.79 Å². The van der Waals surface area contributed by atoms with Gasteiger partial charge in [0.25, 0.3) is 5.56 Å². The van der Waals surface area contributed by atoms with Gasteiger partial charge in [-0.15, -0.1) is 11.8 Å². The minimum Gasteiger partial charge on any atom is -0.395 e. The molecule has 0 unspecified atom stereocenters. The number of aliphatic hydroxyl groups is 1. The highest BCUT2D eigenvalue weighted by Gasteiger charge is 2.26. The highest BCUT2D eigenvalue weighted by molar-refractivity contribution is 8.00. The van der Waals surface area contributed by atoms with E-state index < -0.39 is 0 Å². The number of thioether (sulfide) groups is 1. The van der Waals surface area contributed by atoms with Crippen LogP contribution >= 0.6 is 11.8 Å². The van der Waals surface area contributed by atoms with Gasteiger partial charge in [0.2, 0.25) is 0 Å². The number of H-pyrrole nitrogens is 1. The van der Waals surface area contributed by atoms with Gasteiger partial charge in [-0.1, -0.05) is 0 Å². The van der Waals surface area contributed by atoms with E-state index in [1.165, 1.54) is 0 Å². The van der Waals surface area contributed by atoms with Crippen molar-refractivity contribution < 1.29 is 5.11 Å². The molecule has 0 spiro atoms. The molecule has 2 rings (SSSR count). The first-order chi connectivity index (χ1) is 7.61. The quantitative estimate of drug-likeness (QED) is 0.778. The van der Waals surface area contributed by atoms with Crippen molar-refractivity contribution in [2.24, 2.45) is 0 Å². The minimum atomic E-state index is -0.369. The number of aromatic amines is 1. The molecule has 1 aliphatic heterocycles. The van der Waals surface area contributed by atoms with Crippen molar-refractivity contribution in [1.82, 2.24) is 9.55 Å². The summed E-state index contributed by atoms with van der Waals surface area (Å²) in [6, 6.07) is 0. The van der Waals surface area contributed by atoms with Crippen LogP contribution in [0.25, 0.3) is 0 Å². The highest BCUT2D eigenvalue weighted by atomic mass is 32.2. The predicted octanol–water partition coefficient (Wildman–Crippen LogP) is 0.232. The zero-order valence-corrected chi connectivity index (χ0v) is 9.79. The Bertz CT molecular complexity index is 494. The van der Waals surface area contributed by atoms with Crippen LogP contribution in [-0.4, -0.2) is 26.5 Å². The van der Waals surface area contributed by atoms with E-state index in [1.807, 2.05) is 0 Å². The highest BCUT2D eigenvalue weighted by Crippen LogP contribution is 2.40. The number of nitrogens with zero attached hydrogens (tertiary/aromatic N) is 1. The zero-order chi connectivity index (χ0) is 11.7. The Labute approximate surface area is 96.5 Å². The maximum atomic E-state index is 11.6. The fraction of sp³-hybridized carbons (Fsp3) is 0.600. The second-order valence-electron chi connectivity index (χ2n) is 3.95. The fourth-order valence-electron chi connectivity index (χ4n) is 1.83. The van der Waals surface area contributed by atoms with Crippen molar-refractivity contribution in [3.05, 3.63) is 32.6 Å². The minimum absolute atomic E-state index is 0.0280. The Hall–Kier alpha value is -1.01. The summed E-state index contributed by atoms with van der Waals surface area (Å²) in [7, 11) is 0. The molecule has 2 atom stereocenters. The molecule has 88 valence electrons. The summed E-state index contributed by atoms with van der Waals surface area (Å²) in [6.07, 6.45) is 3.34. The van der Waals surface area contributed by atoms with Crippen LogP contribution in [0.2, 0.25) is 0 Å². The Kier molecular flexibility index (Phi) is 3.20. The van der Waals surface area contributed by atoms with Crippen molar-refractivity contribution in [3.8, 4) is 0 Å². The summed E-state index contributed by atoms with van der Waals surface area (Å²) in [5.41, 5.74) is -0.165. The molecule has 1 saturated heterocycles. The molecule has 1 aliphatic rings. The lowest BCUT2D eigenvalue weighted by atomic mass is 10.2. The van der Waals surface area contributed by atoms with Gasteiger partial charge in [0.05, 0.1) is 12.0 Å². The first-order valence-corrected chi connectivity index (χ1v) is 6.14. The van der Waals surface area contributed by atoms with Gasteiger partial charge < -0.3 is 5.11 Å². The number of hydrogen-bond donors (Lipinski definition) is 2. The molecule has 1 aromatic heterocycles. The van der Waals surface area contributed by atoms with E-state index >= 15 is 0 Å². The molecule has 2 N–H and O–H groups in total. The Morgan fingerprint density at radius 3 is 2.94 bits per heavy atom. The molecule has 16 heavy (non-hydrogen) atoms. The average molecular weight is 242 g/mol. The molecule has 1 fully saturated rings. The molecule has 6 heteroatoms. The molecule has 2 heterocycles. The van der Waals surface area contributed by atoms with Gasteiger partial charge in [0.15, 0.2) is 0 Å². The van der Waals surface area contributed by atoms with Gasteiger partial charge in [0, 0.05) is 17.0 Å². The van der Waals surface area contributed by atoms with E-state index in [2.05, 4.69) is 4.98 Å². The smallest absolute Gasteiger partial charge is 0.329 e. The molecular formula is C10H14N2O3S. The van der Waals surface area contributed by atoms with Crippen molar-refractivity contribution in [2.75, 3.05) is 6.61 Å². The third kappa shape index (κ3) is 2.08. The summed E-state index contributed by atoms with van der Waals surface area (Å²) in [5, 5.41) is 9.26. The standard InChI is InChI=1S/C10H14N2O3S/c1-6-4-12(10(15)11-9(6)14)8-3-2-7(5-13)16-8/h4,7-8,13H,2-3,5H2,1H3,(H,11,14,15)/t7-,8-/m0/s1. The molecule has 1 aromatic rings. The topological polar surface area (TPSA) is 75.1 Å². The van der Waals surface area contributed by atoms with Crippen molar-refractivity contribution in [1.29, 1.82) is 0 Å². The van der Waals surface area contributed by atoms with Gasteiger partial charge in [0.1, 0.15) is 0 Å². The number of rotatable bonds is 2. The van der Waals surface area contributed by atoms with Crippen LogP contribution in [0.1, 0.15) is 23.8 Å². The molecule has 0 aromatic carbocycles. The average Bonchev–Trinajstić information content (AvgIpc) is 2.71. The Morgan fingerprint density at radius 2 is 2.31 bits per heavy atom. The lowest BCUT2D eigenvalue weighted by Crippen LogP contribution is -2.31. The molecule has 0 radical (unpaired) electrons. The lowest BCUT2D eigenvalue weighted by Gasteiger charge is -2.13. The SMILES string of the molecule is Cc1cn([C@@H]2CC[C@@H](CO)S2)c(=O)[nH]c1=O. The van der Waals surface area contributed by atoms with E-state index in [0.29, 0.717) is 5.56 Å². The van der Waals surface area contributed by atoms with Crippen molar-refractivity contribution >= 4 is 11.8 Å². The normalized spacial score (nSPS) is 24.9. The maximum Gasteiger partial charge on any atom is 0.329 e. The second-order valence-corrected chi connectivity index (χ2v) is 5.43. The number of hydrogen-bond acceptors (Lipinski definition) is 4. The van der Waals surface area contributed by atoms with Crippen molar-refractivity contribution in [2.45, 2.75) is 30.4 Å². The maximum absolute atomic E-state index is 11.6.